The predicted octanol–water partition coefficient (Wildman–Crippen LogP) is 7.36. The third kappa shape index (κ3) is 7.81. The second-order valence-corrected chi connectivity index (χ2v) is 14.3. The van der Waals surface area contributed by atoms with E-state index in [1.807, 2.05) is 32.0 Å². The van der Waals surface area contributed by atoms with Gasteiger partial charge in [0.1, 0.15) is 5.82 Å². The standard InChI is InChI=1S/C37H42N4O3S/c1-6-40-35(38-41(36(40)42)26-29-17-21-32(22-18-29)37(3,4)5)12-7-9-28-15-19-30(20-16-28)31-10-8-11-33(25-31)39-45(43,44)34-23-13-27(2)14-24-34/h8,10-11,13-25,39H,6-7,9,12,26H2,1-5H3. The van der Waals surface area contributed by atoms with Crippen LogP contribution in [0.4, 0.5) is 5.69 Å². The van der Waals surface area contributed by atoms with E-state index < -0.39 is 10.0 Å². The van der Waals surface area contributed by atoms with Gasteiger partial charge in [-0.05, 0) is 84.2 Å². The fourth-order valence-corrected chi connectivity index (χ4v) is 6.43. The minimum Gasteiger partial charge on any atom is -0.280 e. The molecule has 0 atom stereocenters. The molecule has 0 bridgehead atoms. The number of sulfonamides is 1. The lowest BCUT2D eigenvalue weighted by Crippen LogP contribution is -2.25. The Morgan fingerprint density at radius 3 is 2.11 bits per heavy atom. The number of hydrogen-bond acceptors (Lipinski definition) is 4. The van der Waals surface area contributed by atoms with Crippen molar-refractivity contribution in [3.05, 3.63) is 136 Å². The fraction of sp³-hybridized carbons (Fsp3) is 0.297. The minimum absolute atomic E-state index is 0.0693. The molecule has 0 amide bonds. The smallest absolute Gasteiger partial charge is 0.280 e. The highest BCUT2D eigenvalue weighted by Crippen LogP contribution is 2.26. The van der Waals surface area contributed by atoms with Crippen molar-refractivity contribution in [1.29, 1.82) is 0 Å². The molecule has 8 heteroatoms. The lowest BCUT2D eigenvalue weighted by atomic mass is 9.87. The summed E-state index contributed by atoms with van der Waals surface area (Å²) < 4.78 is 31.8. The van der Waals surface area contributed by atoms with E-state index in [4.69, 9.17) is 5.10 Å². The van der Waals surface area contributed by atoms with Gasteiger partial charge in [0.25, 0.3) is 10.0 Å². The number of aromatic nitrogens is 3. The monoisotopic (exact) mass is 622 g/mol. The van der Waals surface area contributed by atoms with Crippen molar-refractivity contribution in [3.8, 4) is 11.1 Å². The summed E-state index contributed by atoms with van der Waals surface area (Å²) in [6, 6.07) is 31.0. The number of nitrogens with one attached hydrogen (secondary N) is 1. The molecule has 0 aliphatic rings. The Morgan fingerprint density at radius 1 is 0.800 bits per heavy atom. The molecule has 1 N–H and O–H groups in total. The van der Waals surface area contributed by atoms with E-state index >= 15 is 0 Å². The first-order chi connectivity index (χ1) is 21.4. The van der Waals surface area contributed by atoms with Crippen LogP contribution in [-0.4, -0.2) is 22.8 Å². The maximum absolute atomic E-state index is 13.1. The second kappa shape index (κ2) is 13.3. The Bertz CT molecular complexity index is 1910. The lowest BCUT2D eigenvalue weighted by Gasteiger charge is -2.19. The SMILES string of the molecule is CCn1c(CCCc2ccc(-c3cccc(NS(=O)(=O)c4ccc(C)cc4)c3)cc2)nn(Cc2ccc(C(C)(C)C)cc2)c1=O. The summed E-state index contributed by atoms with van der Waals surface area (Å²) in [5, 5.41) is 4.71. The van der Waals surface area contributed by atoms with Crippen molar-refractivity contribution in [3.63, 3.8) is 0 Å². The van der Waals surface area contributed by atoms with Gasteiger partial charge in [0, 0.05) is 18.7 Å². The highest BCUT2D eigenvalue weighted by Gasteiger charge is 2.16. The first-order valence-electron chi connectivity index (χ1n) is 15.5. The molecule has 234 valence electrons. The van der Waals surface area contributed by atoms with Gasteiger partial charge in [0.2, 0.25) is 0 Å². The molecule has 45 heavy (non-hydrogen) atoms. The maximum Gasteiger partial charge on any atom is 0.346 e. The Morgan fingerprint density at radius 2 is 1.47 bits per heavy atom. The lowest BCUT2D eigenvalue weighted by molar-refractivity contribution is 0.588. The van der Waals surface area contributed by atoms with E-state index in [1.165, 1.54) is 11.1 Å². The Balaban J connectivity index is 1.20. The second-order valence-electron chi connectivity index (χ2n) is 12.6. The Hall–Kier alpha value is -4.43. The molecule has 0 saturated carbocycles. The van der Waals surface area contributed by atoms with Gasteiger partial charge in [-0.2, -0.15) is 5.10 Å². The molecule has 5 aromatic rings. The highest BCUT2D eigenvalue weighted by molar-refractivity contribution is 7.92. The molecule has 0 unspecified atom stereocenters. The molecule has 1 aromatic heterocycles. The first-order valence-corrected chi connectivity index (χ1v) is 17.0. The summed E-state index contributed by atoms with van der Waals surface area (Å²) in [5.74, 6) is 0.815. The number of hydrogen-bond donors (Lipinski definition) is 1. The average Bonchev–Trinajstić information content (AvgIpc) is 3.30. The van der Waals surface area contributed by atoms with Crippen LogP contribution in [0.1, 0.15) is 62.2 Å². The van der Waals surface area contributed by atoms with Crippen LogP contribution in [0.25, 0.3) is 11.1 Å². The molecule has 7 nitrogen and oxygen atoms in total. The maximum atomic E-state index is 13.1. The van der Waals surface area contributed by atoms with Crippen molar-refractivity contribution < 1.29 is 8.42 Å². The summed E-state index contributed by atoms with van der Waals surface area (Å²) in [6.45, 7) is 11.5. The molecule has 0 spiro atoms. The zero-order chi connectivity index (χ0) is 32.2. The fourth-order valence-electron chi connectivity index (χ4n) is 5.38. The van der Waals surface area contributed by atoms with Gasteiger partial charge in [-0.1, -0.05) is 99.1 Å². The van der Waals surface area contributed by atoms with Gasteiger partial charge in [-0.25, -0.2) is 17.9 Å². The van der Waals surface area contributed by atoms with Crippen molar-refractivity contribution >= 4 is 15.7 Å². The quantitative estimate of drug-likeness (QED) is 0.167. The van der Waals surface area contributed by atoms with Crippen LogP contribution < -0.4 is 10.4 Å². The zero-order valence-corrected chi connectivity index (χ0v) is 27.6. The Labute approximate surface area is 266 Å². The largest absolute Gasteiger partial charge is 0.346 e. The van der Waals surface area contributed by atoms with Crippen LogP contribution in [0, 0.1) is 6.92 Å². The van der Waals surface area contributed by atoms with E-state index in [2.05, 4.69) is 74.0 Å². The summed E-state index contributed by atoms with van der Waals surface area (Å²) in [5.41, 5.74) is 6.99. The van der Waals surface area contributed by atoms with Crippen LogP contribution in [-0.2, 0) is 41.4 Å². The van der Waals surface area contributed by atoms with Gasteiger partial charge in [-0.3, -0.25) is 9.29 Å². The molecule has 0 fully saturated rings. The van der Waals surface area contributed by atoms with Crippen LogP contribution in [0.15, 0.2) is 107 Å². The number of benzene rings is 4. The zero-order valence-electron chi connectivity index (χ0n) is 26.7. The minimum atomic E-state index is -3.68. The molecule has 1 heterocycles. The predicted molar refractivity (Wildman–Crippen MR) is 182 cm³/mol. The number of rotatable bonds is 11. The summed E-state index contributed by atoms with van der Waals surface area (Å²) in [6.07, 6.45) is 2.44. The van der Waals surface area contributed by atoms with Gasteiger partial charge in [-0.15, -0.1) is 0 Å². The highest BCUT2D eigenvalue weighted by atomic mass is 32.2. The van der Waals surface area contributed by atoms with Crippen LogP contribution in [0.2, 0.25) is 0 Å². The molecule has 0 saturated heterocycles. The van der Waals surface area contributed by atoms with Gasteiger partial charge in [0.05, 0.1) is 11.4 Å². The third-order valence-electron chi connectivity index (χ3n) is 8.07. The van der Waals surface area contributed by atoms with E-state index in [0.29, 0.717) is 25.2 Å². The molecular formula is C37H42N4O3S. The molecular weight excluding hydrogens is 580 g/mol. The third-order valence-corrected chi connectivity index (χ3v) is 9.46. The summed E-state index contributed by atoms with van der Waals surface area (Å²) in [7, 11) is -3.68. The van der Waals surface area contributed by atoms with Gasteiger partial charge in [0.15, 0.2) is 0 Å². The molecule has 0 aliphatic carbocycles. The summed E-state index contributed by atoms with van der Waals surface area (Å²) in [4.78, 5) is 13.3. The van der Waals surface area contributed by atoms with E-state index in [1.54, 1.807) is 39.6 Å². The summed E-state index contributed by atoms with van der Waals surface area (Å²) >= 11 is 0. The van der Waals surface area contributed by atoms with E-state index in [9.17, 15) is 13.2 Å². The normalized spacial score (nSPS) is 11.9. The first kappa shape index (κ1) is 32.0. The molecule has 0 radical (unpaired) electrons. The van der Waals surface area contributed by atoms with Crippen molar-refractivity contribution in [2.75, 3.05) is 4.72 Å². The van der Waals surface area contributed by atoms with Crippen LogP contribution >= 0.6 is 0 Å². The number of aryl methyl sites for hydroxylation is 3. The van der Waals surface area contributed by atoms with Crippen molar-refractivity contribution in [2.45, 2.75) is 77.3 Å². The topological polar surface area (TPSA) is 86.0 Å². The molecule has 0 aliphatic heterocycles. The molecule has 4 aromatic carbocycles. The Kier molecular flexibility index (Phi) is 9.44. The number of nitrogens with zero attached hydrogens (tertiary/aromatic N) is 3. The van der Waals surface area contributed by atoms with Crippen molar-refractivity contribution in [1.82, 2.24) is 14.3 Å². The van der Waals surface area contributed by atoms with Crippen LogP contribution in [0.5, 0.6) is 0 Å². The van der Waals surface area contributed by atoms with Crippen molar-refractivity contribution in [2.24, 2.45) is 0 Å². The van der Waals surface area contributed by atoms with Gasteiger partial charge >= 0.3 is 5.69 Å². The van der Waals surface area contributed by atoms with Gasteiger partial charge < -0.3 is 0 Å². The number of anilines is 1. The van der Waals surface area contributed by atoms with Crippen LogP contribution in [0.3, 0.4) is 0 Å². The van der Waals surface area contributed by atoms with E-state index in [0.717, 1.165) is 40.9 Å². The molecule has 5 rings (SSSR count). The average molecular weight is 623 g/mol. The van der Waals surface area contributed by atoms with E-state index in [-0.39, 0.29) is 16.0 Å².